The topological polar surface area (TPSA) is 138 Å². The van der Waals surface area contributed by atoms with E-state index in [-0.39, 0.29) is 69.8 Å². The van der Waals surface area contributed by atoms with Crippen molar-refractivity contribution in [1.29, 1.82) is 0 Å². The van der Waals surface area contributed by atoms with Crippen molar-refractivity contribution in [2.45, 2.75) is 102 Å². The number of hydrogen-bond acceptors (Lipinski definition) is 11. The van der Waals surface area contributed by atoms with Crippen LogP contribution in [0.5, 0.6) is 23.0 Å². The van der Waals surface area contributed by atoms with Crippen molar-refractivity contribution >= 4 is 11.8 Å². The number of amides is 1. The molecule has 7 rings (SSSR count). The van der Waals surface area contributed by atoms with Crippen molar-refractivity contribution in [1.82, 2.24) is 4.90 Å². The largest absolute Gasteiger partial charge is 0.489 e. The fraction of sp³-hybridized carbons (Fsp3) is 0.500. The average Bonchev–Trinajstić information content (AvgIpc) is 3.73. The molecule has 0 unspecified atom stereocenters. The molecular formula is C48H59FN2O10. The second-order valence-electron chi connectivity index (χ2n) is 17.1. The number of rotatable bonds is 18. The summed E-state index contributed by atoms with van der Waals surface area (Å²) in [5.41, 5.74) is 3.02. The van der Waals surface area contributed by atoms with Crippen LogP contribution in [0.1, 0.15) is 88.3 Å². The van der Waals surface area contributed by atoms with Gasteiger partial charge in [-0.15, -0.1) is 6.58 Å². The molecule has 2 heterocycles. The molecule has 4 aliphatic rings. The molecule has 328 valence electrons. The maximum Gasteiger partial charge on any atom is 0.410 e. The van der Waals surface area contributed by atoms with Crippen LogP contribution >= 0.6 is 0 Å². The molecule has 0 saturated heterocycles. The molecule has 1 amide bonds. The number of carbonyl (C=O) groups is 1. The summed E-state index contributed by atoms with van der Waals surface area (Å²) in [5.74, 6) is -0.322. The maximum absolute atomic E-state index is 14.8. The number of halogens is 1. The minimum absolute atomic E-state index is 0.000798. The van der Waals surface area contributed by atoms with Crippen molar-refractivity contribution in [3.8, 4) is 23.0 Å². The molecule has 3 aromatic carbocycles. The maximum atomic E-state index is 14.8. The Kier molecular flexibility index (Phi) is 13.9. The molecule has 12 nitrogen and oxygen atoms in total. The number of hydrogen-bond donors (Lipinski definition) is 2. The summed E-state index contributed by atoms with van der Waals surface area (Å²) < 4.78 is 52.3. The normalized spacial score (nSPS) is 24.2. The fourth-order valence-corrected chi connectivity index (χ4v) is 9.36. The van der Waals surface area contributed by atoms with Gasteiger partial charge in [0.05, 0.1) is 25.3 Å². The van der Waals surface area contributed by atoms with Crippen LogP contribution in [0.15, 0.2) is 90.1 Å². The highest BCUT2D eigenvalue weighted by Gasteiger charge is 2.65. The Bertz CT molecular complexity index is 2080. The quantitative estimate of drug-likeness (QED) is 0.0726. The first-order valence-corrected chi connectivity index (χ1v) is 21.4. The van der Waals surface area contributed by atoms with E-state index in [1.54, 1.807) is 29.2 Å². The molecule has 61 heavy (non-hydrogen) atoms. The van der Waals surface area contributed by atoms with E-state index in [2.05, 4.69) is 12.7 Å². The van der Waals surface area contributed by atoms with Gasteiger partial charge in [0, 0.05) is 43.2 Å². The van der Waals surface area contributed by atoms with E-state index in [0.29, 0.717) is 47.1 Å². The molecule has 0 radical (unpaired) electrons. The van der Waals surface area contributed by atoms with Gasteiger partial charge in [-0.3, -0.25) is 4.90 Å². The van der Waals surface area contributed by atoms with Crippen molar-refractivity contribution < 1.29 is 52.7 Å². The Hall–Kier alpha value is -5.11. The van der Waals surface area contributed by atoms with E-state index in [0.717, 1.165) is 42.4 Å². The van der Waals surface area contributed by atoms with Crippen LogP contribution in [0.25, 0.3) is 0 Å². The predicted molar refractivity (Wildman–Crippen MR) is 227 cm³/mol. The molecule has 0 bridgehead atoms. The fourth-order valence-electron chi connectivity index (χ4n) is 9.36. The summed E-state index contributed by atoms with van der Waals surface area (Å²) in [6.07, 6.45) is 7.98. The number of aliphatic hydroxyl groups excluding tert-OH is 2. The van der Waals surface area contributed by atoms with Gasteiger partial charge in [0.2, 0.25) is 12.6 Å². The van der Waals surface area contributed by atoms with Crippen LogP contribution in [-0.2, 0) is 27.5 Å². The van der Waals surface area contributed by atoms with E-state index in [1.807, 2.05) is 57.2 Å². The number of aliphatic hydroxyl groups is 2. The molecule has 2 aliphatic heterocycles. The lowest BCUT2D eigenvalue weighted by Crippen LogP contribution is -2.70. The molecule has 13 heteroatoms. The highest BCUT2D eigenvalue weighted by Crippen LogP contribution is 2.62. The average molecular weight is 843 g/mol. The molecule has 0 aromatic heterocycles. The van der Waals surface area contributed by atoms with Crippen LogP contribution in [0.3, 0.4) is 0 Å². The molecule has 6 atom stereocenters. The Morgan fingerprint density at radius 1 is 1.00 bits per heavy atom. The van der Waals surface area contributed by atoms with Crippen molar-refractivity contribution in [2.75, 3.05) is 33.7 Å². The molecular weight excluding hydrogens is 784 g/mol. The van der Waals surface area contributed by atoms with Crippen LogP contribution in [-0.4, -0.2) is 78.1 Å². The number of fused-ring (bicyclic) bond motifs is 3. The molecule has 1 saturated carbocycles. The summed E-state index contributed by atoms with van der Waals surface area (Å²) in [7, 11) is 1.36. The van der Waals surface area contributed by atoms with Gasteiger partial charge in [0.1, 0.15) is 35.6 Å². The van der Waals surface area contributed by atoms with Crippen LogP contribution in [0.2, 0.25) is 0 Å². The first-order chi connectivity index (χ1) is 29.5. The third kappa shape index (κ3) is 9.54. The highest BCUT2D eigenvalue weighted by molar-refractivity contribution is 6.03. The van der Waals surface area contributed by atoms with Crippen LogP contribution < -0.4 is 18.9 Å². The Morgan fingerprint density at radius 3 is 2.49 bits per heavy atom. The van der Waals surface area contributed by atoms with E-state index in [4.69, 9.17) is 38.4 Å². The Labute approximate surface area is 357 Å². The first kappa shape index (κ1) is 44.0. The van der Waals surface area contributed by atoms with E-state index >= 15 is 0 Å². The van der Waals surface area contributed by atoms with Gasteiger partial charge in [0.25, 0.3) is 0 Å². The van der Waals surface area contributed by atoms with Crippen LogP contribution in [0.4, 0.5) is 9.18 Å². The lowest BCUT2D eigenvalue weighted by Gasteiger charge is -2.59. The summed E-state index contributed by atoms with van der Waals surface area (Å²) in [6.45, 7) is 10.3. The van der Waals surface area contributed by atoms with Gasteiger partial charge >= 0.3 is 6.09 Å². The molecule has 2 N–H and O–H groups in total. The monoisotopic (exact) mass is 842 g/mol. The van der Waals surface area contributed by atoms with Crippen molar-refractivity contribution in [2.24, 2.45) is 22.9 Å². The van der Waals surface area contributed by atoms with Gasteiger partial charge in [-0.2, -0.15) is 0 Å². The zero-order valence-electron chi connectivity index (χ0n) is 35.6. The number of benzene rings is 3. The second kappa shape index (κ2) is 19.3. The molecule has 2 aliphatic carbocycles. The number of ether oxygens (including phenoxy) is 6. The standard InChI is InChI=1S/C48H59FN2O10/c1-6-23-59-48-43(51(46(54)55-5)28-31-17-19-41-42(24-31)58-30-57-41)27-39(50-61-47(2,3)4)36-25-32(13-9-11-21-52)35(15-10-12-22-53)44(45(36)48)37-26-34(18-20-40(37)60-48)56-29-33-14-7-8-16-38(33)49/h6-8,14,16-20,24-26,32,35,43-45,52-53H,1,9-13,15,21-23,27-30H2,2-5H3/t32-,35+,43-,44+,45+,48+/m0/s1. The van der Waals surface area contributed by atoms with Gasteiger partial charge in [-0.25, -0.2) is 9.18 Å². The van der Waals surface area contributed by atoms with Crippen LogP contribution in [0, 0.1) is 23.6 Å². The zero-order chi connectivity index (χ0) is 43.1. The SMILES string of the molecule is C=CCO[C@@]12Oc3ccc(OCc4ccccc4F)cc3[C@H]3[C@H](CCCCO)[C@@H](CCCCO)C=C(C(=NOC(C)(C)C)C[C@@H]1N(Cc1ccc4c(c1)OCO4)C(=O)OC)[C@H]32. The summed E-state index contributed by atoms with van der Waals surface area (Å²) in [4.78, 5) is 22.2. The molecule has 3 aromatic rings. The Balaban J connectivity index is 1.43. The zero-order valence-corrected chi connectivity index (χ0v) is 35.6. The minimum atomic E-state index is -1.50. The summed E-state index contributed by atoms with van der Waals surface area (Å²) >= 11 is 0. The van der Waals surface area contributed by atoms with Gasteiger partial charge < -0.3 is 43.5 Å². The predicted octanol–water partition coefficient (Wildman–Crippen LogP) is 8.83. The number of nitrogens with zero attached hydrogens (tertiary/aromatic N) is 2. The first-order valence-electron chi connectivity index (χ1n) is 21.4. The third-order valence-corrected chi connectivity index (χ3v) is 12.0. The number of unbranched alkanes of at least 4 members (excludes halogenated alkanes) is 2. The second-order valence-corrected chi connectivity index (χ2v) is 17.1. The number of oxime groups is 1. The highest BCUT2D eigenvalue weighted by atomic mass is 19.1. The lowest BCUT2D eigenvalue weighted by molar-refractivity contribution is -0.256. The van der Waals surface area contributed by atoms with Crippen molar-refractivity contribution in [3.05, 3.63) is 107 Å². The van der Waals surface area contributed by atoms with Gasteiger partial charge in [0.15, 0.2) is 11.5 Å². The van der Waals surface area contributed by atoms with E-state index in [9.17, 15) is 19.4 Å². The number of methoxy groups -OCH3 is 1. The molecule has 1 fully saturated rings. The van der Waals surface area contributed by atoms with E-state index < -0.39 is 29.4 Å². The summed E-state index contributed by atoms with van der Waals surface area (Å²) in [6, 6.07) is 17.0. The molecule has 0 spiro atoms. The van der Waals surface area contributed by atoms with Gasteiger partial charge in [-0.1, -0.05) is 54.4 Å². The van der Waals surface area contributed by atoms with Crippen molar-refractivity contribution in [3.63, 3.8) is 0 Å². The Morgan fingerprint density at radius 2 is 1.75 bits per heavy atom. The van der Waals surface area contributed by atoms with E-state index in [1.165, 1.54) is 13.2 Å². The smallest absolute Gasteiger partial charge is 0.410 e. The lowest BCUT2D eigenvalue weighted by atomic mass is 9.55. The van der Waals surface area contributed by atoms with Gasteiger partial charge in [-0.05, 0) is 106 Å². The number of carbonyl (C=O) groups excluding carboxylic acids is 1. The number of allylic oxidation sites excluding steroid dienone is 1. The summed E-state index contributed by atoms with van der Waals surface area (Å²) in [5, 5.41) is 24.7. The minimum Gasteiger partial charge on any atom is -0.489 e. The third-order valence-electron chi connectivity index (χ3n) is 12.0.